The van der Waals surface area contributed by atoms with Crippen LogP contribution in [0.1, 0.15) is 37.7 Å². The zero-order valence-corrected chi connectivity index (χ0v) is 12.7. The SMILES string of the molecule is O=C(O)C1(c2ccc(N3CCOCC3)c(F)c2)CCCCC1. The molecule has 1 aromatic carbocycles. The van der Waals surface area contributed by atoms with Gasteiger partial charge >= 0.3 is 5.97 Å². The van der Waals surface area contributed by atoms with Crippen LogP contribution in [0.3, 0.4) is 0 Å². The summed E-state index contributed by atoms with van der Waals surface area (Å²) in [6.07, 6.45) is 4.03. The number of hydrogen-bond donors (Lipinski definition) is 1. The zero-order valence-electron chi connectivity index (χ0n) is 12.7. The lowest BCUT2D eigenvalue weighted by molar-refractivity contribution is -0.145. The van der Waals surface area contributed by atoms with Gasteiger partial charge in [-0.15, -0.1) is 0 Å². The maximum atomic E-state index is 14.5. The van der Waals surface area contributed by atoms with Crippen LogP contribution in [0.4, 0.5) is 10.1 Å². The van der Waals surface area contributed by atoms with Gasteiger partial charge in [0.2, 0.25) is 0 Å². The van der Waals surface area contributed by atoms with E-state index in [1.54, 1.807) is 12.1 Å². The summed E-state index contributed by atoms with van der Waals surface area (Å²) in [5, 5.41) is 9.70. The Hall–Kier alpha value is -1.62. The summed E-state index contributed by atoms with van der Waals surface area (Å²) in [6, 6.07) is 4.97. The molecule has 22 heavy (non-hydrogen) atoms. The number of hydrogen-bond acceptors (Lipinski definition) is 3. The van der Waals surface area contributed by atoms with E-state index in [9.17, 15) is 14.3 Å². The fourth-order valence-corrected chi connectivity index (χ4v) is 3.65. The van der Waals surface area contributed by atoms with E-state index < -0.39 is 11.4 Å². The number of carboxylic acids is 1. The summed E-state index contributed by atoms with van der Waals surface area (Å²) in [5.41, 5.74) is 0.237. The largest absolute Gasteiger partial charge is 0.481 e. The number of carboxylic acid groups (broad SMARTS) is 1. The quantitative estimate of drug-likeness (QED) is 0.933. The third-order valence-electron chi connectivity index (χ3n) is 4.97. The fourth-order valence-electron chi connectivity index (χ4n) is 3.65. The molecule has 1 saturated carbocycles. The van der Waals surface area contributed by atoms with Crippen molar-refractivity contribution in [2.75, 3.05) is 31.2 Å². The smallest absolute Gasteiger partial charge is 0.314 e. The minimum Gasteiger partial charge on any atom is -0.481 e. The Morgan fingerprint density at radius 3 is 2.45 bits per heavy atom. The average molecular weight is 307 g/mol. The van der Waals surface area contributed by atoms with Gasteiger partial charge in [0.15, 0.2) is 0 Å². The van der Waals surface area contributed by atoms with E-state index in [0.29, 0.717) is 50.4 Å². The molecule has 5 heteroatoms. The first kappa shape index (κ1) is 15.3. The number of rotatable bonds is 3. The Kier molecular flexibility index (Phi) is 4.34. The van der Waals surface area contributed by atoms with Gasteiger partial charge < -0.3 is 14.7 Å². The minimum atomic E-state index is -0.914. The standard InChI is InChI=1S/C17H22FNO3/c18-14-12-13(17(16(20)21)6-2-1-3-7-17)4-5-15(14)19-8-10-22-11-9-19/h4-5,12H,1-3,6-11H2,(H,20,21). The number of benzene rings is 1. The van der Waals surface area contributed by atoms with Crippen molar-refractivity contribution >= 4 is 11.7 Å². The highest BCUT2D eigenvalue weighted by Crippen LogP contribution is 2.41. The van der Waals surface area contributed by atoms with Crippen molar-refractivity contribution in [1.82, 2.24) is 0 Å². The van der Waals surface area contributed by atoms with Crippen molar-refractivity contribution in [2.45, 2.75) is 37.5 Å². The molecule has 3 rings (SSSR count). The normalized spacial score (nSPS) is 21.6. The van der Waals surface area contributed by atoms with Crippen LogP contribution in [0.5, 0.6) is 0 Å². The second-order valence-electron chi connectivity index (χ2n) is 6.21. The van der Waals surface area contributed by atoms with Crippen LogP contribution < -0.4 is 4.90 Å². The number of anilines is 1. The predicted octanol–water partition coefficient (Wildman–Crippen LogP) is 2.95. The molecule has 2 fully saturated rings. The summed E-state index contributed by atoms with van der Waals surface area (Å²) >= 11 is 0. The van der Waals surface area contributed by atoms with Crippen LogP contribution in [0.2, 0.25) is 0 Å². The van der Waals surface area contributed by atoms with E-state index in [2.05, 4.69) is 0 Å². The molecule has 0 atom stereocenters. The molecule has 1 N–H and O–H groups in total. The van der Waals surface area contributed by atoms with Crippen molar-refractivity contribution in [3.63, 3.8) is 0 Å². The van der Waals surface area contributed by atoms with E-state index >= 15 is 0 Å². The number of ether oxygens (including phenoxy) is 1. The highest BCUT2D eigenvalue weighted by atomic mass is 19.1. The second kappa shape index (κ2) is 6.24. The lowest BCUT2D eigenvalue weighted by Crippen LogP contribution is -2.39. The molecule has 0 bridgehead atoms. The first-order valence-electron chi connectivity index (χ1n) is 8.00. The van der Waals surface area contributed by atoms with Crippen LogP contribution >= 0.6 is 0 Å². The highest BCUT2D eigenvalue weighted by molar-refractivity contribution is 5.81. The van der Waals surface area contributed by atoms with Gasteiger partial charge in [0.05, 0.1) is 24.3 Å². The lowest BCUT2D eigenvalue weighted by atomic mass is 9.69. The molecule has 1 aliphatic heterocycles. The Morgan fingerprint density at radius 2 is 1.86 bits per heavy atom. The van der Waals surface area contributed by atoms with E-state index in [1.165, 1.54) is 6.07 Å². The minimum absolute atomic E-state index is 0.328. The number of aliphatic carboxylic acids is 1. The molecule has 0 unspecified atom stereocenters. The third kappa shape index (κ3) is 2.70. The second-order valence-corrected chi connectivity index (χ2v) is 6.21. The first-order chi connectivity index (χ1) is 10.6. The first-order valence-corrected chi connectivity index (χ1v) is 8.00. The molecule has 4 nitrogen and oxygen atoms in total. The number of halogens is 1. The molecule has 2 aliphatic rings. The lowest BCUT2D eigenvalue weighted by Gasteiger charge is -2.34. The fraction of sp³-hybridized carbons (Fsp3) is 0.588. The molecular weight excluding hydrogens is 285 g/mol. The summed E-state index contributed by atoms with van der Waals surface area (Å²) in [5.74, 6) is -1.16. The van der Waals surface area contributed by atoms with Gasteiger partial charge in [-0.1, -0.05) is 25.3 Å². The Balaban J connectivity index is 1.91. The van der Waals surface area contributed by atoms with Gasteiger partial charge in [-0.05, 0) is 30.5 Å². The van der Waals surface area contributed by atoms with E-state index in [0.717, 1.165) is 19.3 Å². The molecule has 0 amide bonds. The number of carbonyl (C=O) groups is 1. The summed E-state index contributed by atoms with van der Waals surface area (Å²) < 4.78 is 19.8. The van der Waals surface area contributed by atoms with Crippen molar-refractivity contribution in [2.24, 2.45) is 0 Å². The van der Waals surface area contributed by atoms with Crippen molar-refractivity contribution < 1.29 is 19.0 Å². The average Bonchev–Trinajstić information content (AvgIpc) is 2.56. The molecule has 0 spiro atoms. The van der Waals surface area contributed by atoms with Crippen LogP contribution in [-0.2, 0) is 14.9 Å². The molecular formula is C17H22FNO3. The molecule has 120 valence electrons. The van der Waals surface area contributed by atoms with E-state index in [-0.39, 0.29) is 5.82 Å². The van der Waals surface area contributed by atoms with Crippen molar-refractivity contribution in [3.05, 3.63) is 29.6 Å². The summed E-state index contributed by atoms with van der Waals surface area (Å²) in [7, 11) is 0. The Morgan fingerprint density at radius 1 is 1.18 bits per heavy atom. The van der Waals surface area contributed by atoms with Gasteiger partial charge in [-0.3, -0.25) is 4.79 Å². The predicted molar refractivity (Wildman–Crippen MR) is 81.8 cm³/mol. The van der Waals surface area contributed by atoms with E-state index in [4.69, 9.17) is 4.74 Å². The number of morpholine rings is 1. The molecule has 1 aliphatic carbocycles. The highest BCUT2D eigenvalue weighted by Gasteiger charge is 2.41. The molecule has 1 saturated heterocycles. The monoisotopic (exact) mass is 307 g/mol. The topological polar surface area (TPSA) is 49.8 Å². The molecule has 0 radical (unpaired) electrons. The van der Waals surface area contributed by atoms with Crippen LogP contribution in [-0.4, -0.2) is 37.4 Å². The van der Waals surface area contributed by atoms with Crippen LogP contribution in [0.25, 0.3) is 0 Å². The molecule has 1 heterocycles. The van der Waals surface area contributed by atoms with E-state index in [1.807, 2.05) is 4.90 Å². The Labute approximate surface area is 129 Å². The maximum Gasteiger partial charge on any atom is 0.314 e. The van der Waals surface area contributed by atoms with Crippen molar-refractivity contribution in [1.29, 1.82) is 0 Å². The van der Waals surface area contributed by atoms with Crippen LogP contribution in [0, 0.1) is 5.82 Å². The maximum absolute atomic E-state index is 14.5. The Bertz CT molecular complexity index is 549. The summed E-state index contributed by atoms with van der Waals surface area (Å²) in [4.78, 5) is 13.8. The number of nitrogens with zero attached hydrogens (tertiary/aromatic N) is 1. The van der Waals surface area contributed by atoms with Gasteiger partial charge in [0, 0.05) is 13.1 Å². The molecule has 0 aromatic heterocycles. The van der Waals surface area contributed by atoms with Gasteiger partial charge in [0.25, 0.3) is 0 Å². The van der Waals surface area contributed by atoms with Gasteiger partial charge in [-0.25, -0.2) is 4.39 Å². The summed E-state index contributed by atoms with van der Waals surface area (Å²) in [6.45, 7) is 2.53. The zero-order chi connectivity index (χ0) is 15.6. The molecule has 1 aromatic rings. The van der Waals surface area contributed by atoms with Crippen molar-refractivity contribution in [3.8, 4) is 0 Å². The van der Waals surface area contributed by atoms with Gasteiger partial charge in [-0.2, -0.15) is 0 Å². The third-order valence-corrected chi connectivity index (χ3v) is 4.97. The van der Waals surface area contributed by atoms with Gasteiger partial charge in [0.1, 0.15) is 5.82 Å². The van der Waals surface area contributed by atoms with Crippen LogP contribution in [0.15, 0.2) is 18.2 Å².